The maximum atomic E-state index is 11.9. The molecule has 0 aromatic heterocycles. The topological polar surface area (TPSA) is 67.8 Å². The van der Waals surface area contributed by atoms with E-state index in [1.54, 1.807) is 25.1 Å². The Balaban J connectivity index is 2.84. The summed E-state index contributed by atoms with van der Waals surface area (Å²) in [4.78, 5) is 11.9. The predicted octanol–water partition coefficient (Wildman–Crippen LogP) is 1.59. The molecule has 0 heterocycles. The molecule has 0 bridgehead atoms. The summed E-state index contributed by atoms with van der Waals surface area (Å²) >= 11 is 0. The normalized spacial score (nSPS) is 11.8. The van der Waals surface area contributed by atoms with Crippen LogP contribution < -0.4 is 14.8 Å². The lowest BCUT2D eigenvalue weighted by atomic mass is 10.2. The molecule has 19 heavy (non-hydrogen) atoms. The van der Waals surface area contributed by atoms with Gasteiger partial charge < -0.3 is 19.9 Å². The molecule has 0 saturated carbocycles. The van der Waals surface area contributed by atoms with Crippen molar-refractivity contribution in [2.24, 2.45) is 0 Å². The Morgan fingerprint density at radius 2 is 1.89 bits per heavy atom. The van der Waals surface area contributed by atoms with Crippen LogP contribution in [0.5, 0.6) is 11.5 Å². The molecule has 1 aromatic rings. The number of aliphatic hydroxyl groups is 1. The maximum absolute atomic E-state index is 11.9. The standard InChI is InChI=1S/C14H21NO4/c1-4-18-12-7-6-11(8-13(12)19-5-2)14(17)15-9-10(3)16/h6-8,10,16H,4-5,9H2,1-3H3,(H,15,17). The molecule has 1 rings (SSSR count). The second kappa shape index (κ2) is 7.63. The van der Waals surface area contributed by atoms with E-state index in [4.69, 9.17) is 14.6 Å². The van der Waals surface area contributed by atoms with Gasteiger partial charge in [0, 0.05) is 12.1 Å². The van der Waals surface area contributed by atoms with E-state index in [9.17, 15) is 4.79 Å². The van der Waals surface area contributed by atoms with Crippen molar-refractivity contribution in [1.29, 1.82) is 0 Å². The van der Waals surface area contributed by atoms with Gasteiger partial charge in [-0.05, 0) is 39.0 Å². The monoisotopic (exact) mass is 267 g/mol. The average Bonchev–Trinajstić information content (AvgIpc) is 2.38. The van der Waals surface area contributed by atoms with Crippen molar-refractivity contribution in [2.45, 2.75) is 26.9 Å². The summed E-state index contributed by atoms with van der Waals surface area (Å²) in [5, 5.41) is 11.8. The van der Waals surface area contributed by atoms with E-state index >= 15 is 0 Å². The van der Waals surface area contributed by atoms with Crippen LogP contribution in [0.4, 0.5) is 0 Å². The summed E-state index contributed by atoms with van der Waals surface area (Å²) in [5.74, 6) is 0.926. The molecule has 0 aliphatic heterocycles. The highest BCUT2D eigenvalue weighted by molar-refractivity contribution is 5.94. The van der Waals surface area contributed by atoms with Crippen LogP contribution in [0.15, 0.2) is 18.2 Å². The summed E-state index contributed by atoms with van der Waals surface area (Å²) in [6.45, 7) is 6.63. The number of rotatable bonds is 7. The van der Waals surface area contributed by atoms with Crippen LogP contribution >= 0.6 is 0 Å². The van der Waals surface area contributed by atoms with Crippen LogP contribution in [0.2, 0.25) is 0 Å². The molecule has 1 amide bonds. The summed E-state index contributed by atoms with van der Waals surface area (Å²) in [6.07, 6.45) is -0.571. The molecule has 0 saturated heterocycles. The van der Waals surface area contributed by atoms with Crippen molar-refractivity contribution >= 4 is 5.91 Å². The Bertz CT molecular complexity index is 418. The van der Waals surface area contributed by atoms with Crippen LogP contribution in [0.1, 0.15) is 31.1 Å². The molecular weight excluding hydrogens is 246 g/mol. The Morgan fingerprint density at radius 1 is 1.26 bits per heavy atom. The lowest BCUT2D eigenvalue weighted by Gasteiger charge is -2.13. The molecule has 1 aromatic carbocycles. The number of hydrogen-bond donors (Lipinski definition) is 2. The van der Waals surface area contributed by atoms with Gasteiger partial charge in [0.2, 0.25) is 0 Å². The van der Waals surface area contributed by atoms with E-state index in [0.29, 0.717) is 30.3 Å². The summed E-state index contributed by atoms with van der Waals surface area (Å²) < 4.78 is 10.9. The first-order valence-corrected chi connectivity index (χ1v) is 6.44. The van der Waals surface area contributed by atoms with Crippen LogP contribution in [0.25, 0.3) is 0 Å². The van der Waals surface area contributed by atoms with E-state index in [1.165, 1.54) is 0 Å². The van der Waals surface area contributed by atoms with Crippen molar-refractivity contribution in [3.8, 4) is 11.5 Å². The van der Waals surface area contributed by atoms with Crippen molar-refractivity contribution in [3.05, 3.63) is 23.8 Å². The summed E-state index contributed by atoms with van der Waals surface area (Å²) in [6, 6.07) is 5.03. The van der Waals surface area contributed by atoms with Gasteiger partial charge in [0.15, 0.2) is 11.5 Å². The maximum Gasteiger partial charge on any atom is 0.251 e. The number of ether oxygens (including phenoxy) is 2. The Hall–Kier alpha value is -1.75. The fraction of sp³-hybridized carbons (Fsp3) is 0.500. The third-order valence-corrected chi connectivity index (χ3v) is 2.36. The highest BCUT2D eigenvalue weighted by atomic mass is 16.5. The van der Waals surface area contributed by atoms with E-state index < -0.39 is 6.10 Å². The quantitative estimate of drug-likeness (QED) is 0.787. The van der Waals surface area contributed by atoms with E-state index in [-0.39, 0.29) is 12.5 Å². The van der Waals surface area contributed by atoms with Crippen LogP contribution in [0.3, 0.4) is 0 Å². The molecule has 0 fully saturated rings. The molecule has 0 radical (unpaired) electrons. The first-order chi connectivity index (χ1) is 9.08. The second-order valence-electron chi connectivity index (χ2n) is 4.09. The molecular formula is C14H21NO4. The largest absolute Gasteiger partial charge is 0.490 e. The fourth-order valence-electron chi connectivity index (χ4n) is 1.53. The molecule has 1 unspecified atom stereocenters. The molecule has 5 nitrogen and oxygen atoms in total. The van der Waals surface area contributed by atoms with Gasteiger partial charge in [-0.15, -0.1) is 0 Å². The molecule has 0 spiro atoms. The minimum atomic E-state index is -0.571. The lowest BCUT2D eigenvalue weighted by Crippen LogP contribution is -2.30. The van der Waals surface area contributed by atoms with Crippen molar-refractivity contribution < 1.29 is 19.4 Å². The summed E-state index contributed by atoms with van der Waals surface area (Å²) in [5.41, 5.74) is 0.479. The number of amides is 1. The molecule has 106 valence electrons. The first-order valence-electron chi connectivity index (χ1n) is 6.44. The van der Waals surface area contributed by atoms with Crippen LogP contribution in [0, 0.1) is 0 Å². The van der Waals surface area contributed by atoms with Gasteiger partial charge in [-0.25, -0.2) is 0 Å². The number of carbonyl (C=O) groups excluding carboxylic acids is 1. The van der Waals surface area contributed by atoms with Crippen molar-refractivity contribution in [3.63, 3.8) is 0 Å². The minimum Gasteiger partial charge on any atom is -0.490 e. The molecule has 0 aliphatic carbocycles. The third kappa shape index (κ3) is 4.79. The molecule has 0 aliphatic rings. The zero-order valence-corrected chi connectivity index (χ0v) is 11.6. The van der Waals surface area contributed by atoms with Gasteiger partial charge in [-0.2, -0.15) is 0 Å². The number of nitrogens with one attached hydrogen (secondary N) is 1. The van der Waals surface area contributed by atoms with Gasteiger partial charge in [0.05, 0.1) is 19.3 Å². The first kappa shape index (κ1) is 15.3. The molecule has 1 atom stereocenters. The van der Waals surface area contributed by atoms with Gasteiger partial charge in [-0.1, -0.05) is 0 Å². The van der Waals surface area contributed by atoms with Crippen LogP contribution in [-0.2, 0) is 0 Å². The van der Waals surface area contributed by atoms with Crippen molar-refractivity contribution in [2.75, 3.05) is 19.8 Å². The number of aliphatic hydroxyl groups excluding tert-OH is 1. The van der Waals surface area contributed by atoms with E-state index in [1.807, 2.05) is 13.8 Å². The lowest BCUT2D eigenvalue weighted by molar-refractivity contribution is 0.0923. The third-order valence-electron chi connectivity index (χ3n) is 2.36. The molecule has 2 N–H and O–H groups in total. The second-order valence-corrected chi connectivity index (χ2v) is 4.09. The predicted molar refractivity (Wildman–Crippen MR) is 72.8 cm³/mol. The number of hydrogen-bond acceptors (Lipinski definition) is 4. The van der Waals surface area contributed by atoms with Gasteiger partial charge in [-0.3, -0.25) is 4.79 Å². The van der Waals surface area contributed by atoms with E-state index in [2.05, 4.69) is 5.32 Å². The highest BCUT2D eigenvalue weighted by Crippen LogP contribution is 2.28. The molecule has 5 heteroatoms. The van der Waals surface area contributed by atoms with Crippen molar-refractivity contribution in [1.82, 2.24) is 5.32 Å². The zero-order valence-electron chi connectivity index (χ0n) is 11.6. The Labute approximate surface area is 113 Å². The SMILES string of the molecule is CCOc1ccc(C(=O)NCC(C)O)cc1OCC. The van der Waals surface area contributed by atoms with Gasteiger partial charge in [0.1, 0.15) is 0 Å². The zero-order chi connectivity index (χ0) is 14.3. The Kier molecular flexibility index (Phi) is 6.15. The number of carbonyl (C=O) groups is 1. The van der Waals surface area contributed by atoms with Gasteiger partial charge >= 0.3 is 0 Å². The minimum absolute atomic E-state index is 0.218. The number of benzene rings is 1. The highest BCUT2D eigenvalue weighted by Gasteiger charge is 2.11. The Morgan fingerprint density at radius 3 is 2.47 bits per heavy atom. The van der Waals surface area contributed by atoms with Crippen LogP contribution in [-0.4, -0.2) is 36.9 Å². The summed E-state index contributed by atoms with van der Waals surface area (Å²) in [7, 11) is 0. The smallest absolute Gasteiger partial charge is 0.251 e. The van der Waals surface area contributed by atoms with E-state index in [0.717, 1.165) is 0 Å². The van der Waals surface area contributed by atoms with Gasteiger partial charge in [0.25, 0.3) is 5.91 Å². The fourth-order valence-corrected chi connectivity index (χ4v) is 1.53. The average molecular weight is 267 g/mol.